The van der Waals surface area contributed by atoms with Crippen molar-refractivity contribution in [2.45, 2.75) is 13.0 Å². The van der Waals surface area contributed by atoms with E-state index in [2.05, 4.69) is 4.98 Å². The van der Waals surface area contributed by atoms with Crippen LogP contribution in [0.25, 0.3) is 10.2 Å². The van der Waals surface area contributed by atoms with Crippen LogP contribution in [0.1, 0.15) is 22.7 Å². The van der Waals surface area contributed by atoms with Crippen LogP contribution in [-0.2, 0) is 0 Å². The fourth-order valence-electron chi connectivity index (χ4n) is 2.03. The molecule has 0 fully saturated rings. The number of thiophene rings is 1. The molecule has 0 saturated carbocycles. The number of hydrogen-bond acceptors (Lipinski definition) is 3. The van der Waals surface area contributed by atoms with Gasteiger partial charge in [-0.3, -0.25) is 4.98 Å². The summed E-state index contributed by atoms with van der Waals surface area (Å²) in [6.07, 6.45) is 1.76. The van der Waals surface area contributed by atoms with Crippen molar-refractivity contribution in [3.63, 3.8) is 0 Å². The third-order valence-corrected chi connectivity index (χ3v) is 4.09. The highest BCUT2D eigenvalue weighted by atomic mass is 32.1. The van der Waals surface area contributed by atoms with Crippen LogP contribution in [0, 0.1) is 12.7 Å². The molecular formula is C15H13FN2S. The molecule has 19 heavy (non-hydrogen) atoms. The maximum Gasteiger partial charge on any atom is 0.126 e. The average molecular weight is 272 g/mol. The lowest BCUT2D eigenvalue weighted by molar-refractivity contribution is 0.614. The Balaban J connectivity index is 2.01. The first-order valence-corrected chi connectivity index (χ1v) is 6.88. The van der Waals surface area contributed by atoms with Crippen LogP contribution in [0.2, 0.25) is 0 Å². The zero-order chi connectivity index (χ0) is 13.4. The van der Waals surface area contributed by atoms with Gasteiger partial charge in [-0.2, -0.15) is 0 Å². The molecular weight excluding hydrogens is 259 g/mol. The summed E-state index contributed by atoms with van der Waals surface area (Å²) < 4.78 is 14.7. The first kappa shape index (κ1) is 12.3. The summed E-state index contributed by atoms with van der Waals surface area (Å²) in [6, 6.07) is 8.76. The summed E-state index contributed by atoms with van der Waals surface area (Å²) in [4.78, 5) is 4.36. The van der Waals surface area contributed by atoms with Gasteiger partial charge in [0.2, 0.25) is 0 Å². The third-order valence-electron chi connectivity index (χ3n) is 3.24. The van der Waals surface area contributed by atoms with Gasteiger partial charge >= 0.3 is 0 Å². The minimum atomic E-state index is -0.353. The number of aromatic nitrogens is 1. The van der Waals surface area contributed by atoms with Gasteiger partial charge in [-0.05, 0) is 47.2 Å². The van der Waals surface area contributed by atoms with Gasteiger partial charge in [0.25, 0.3) is 0 Å². The SMILES string of the molecule is Cc1ccc(C(N)c2cnc3ccsc3c2)cc1F. The Kier molecular flexibility index (Phi) is 3.05. The fourth-order valence-corrected chi connectivity index (χ4v) is 2.82. The van der Waals surface area contributed by atoms with Crippen molar-refractivity contribution in [2.24, 2.45) is 5.73 Å². The van der Waals surface area contributed by atoms with Gasteiger partial charge in [0.1, 0.15) is 5.82 Å². The van der Waals surface area contributed by atoms with E-state index in [1.807, 2.05) is 23.6 Å². The second-order valence-corrected chi connectivity index (χ2v) is 5.51. The molecule has 0 bridgehead atoms. The van der Waals surface area contributed by atoms with Gasteiger partial charge in [-0.15, -0.1) is 11.3 Å². The molecule has 0 aliphatic carbocycles. The normalized spacial score (nSPS) is 12.8. The van der Waals surface area contributed by atoms with Gasteiger partial charge in [0.05, 0.1) is 16.3 Å². The van der Waals surface area contributed by atoms with Gasteiger partial charge in [-0.1, -0.05) is 12.1 Å². The van der Waals surface area contributed by atoms with Crippen molar-refractivity contribution in [1.29, 1.82) is 0 Å². The number of nitrogens with zero attached hydrogens (tertiary/aromatic N) is 1. The molecule has 1 aromatic carbocycles. The van der Waals surface area contributed by atoms with E-state index in [0.29, 0.717) is 5.56 Å². The van der Waals surface area contributed by atoms with Crippen molar-refractivity contribution in [3.8, 4) is 0 Å². The lowest BCUT2D eigenvalue weighted by atomic mass is 10.00. The van der Waals surface area contributed by atoms with E-state index < -0.39 is 0 Å². The Morgan fingerprint density at radius 2 is 2.05 bits per heavy atom. The van der Waals surface area contributed by atoms with Crippen LogP contribution in [-0.4, -0.2) is 4.98 Å². The molecule has 0 spiro atoms. The summed E-state index contributed by atoms with van der Waals surface area (Å²) >= 11 is 1.63. The maximum absolute atomic E-state index is 13.6. The number of nitrogens with two attached hydrogens (primary N) is 1. The highest BCUT2D eigenvalue weighted by Gasteiger charge is 2.12. The molecule has 4 heteroatoms. The molecule has 2 heterocycles. The minimum Gasteiger partial charge on any atom is -0.320 e. The highest BCUT2D eigenvalue weighted by Crippen LogP contribution is 2.26. The Bertz CT molecular complexity index is 736. The number of hydrogen-bond donors (Lipinski definition) is 1. The molecule has 0 saturated heterocycles. The van der Waals surface area contributed by atoms with Gasteiger partial charge in [-0.25, -0.2) is 4.39 Å². The smallest absolute Gasteiger partial charge is 0.126 e. The molecule has 3 aromatic rings. The summed E-state index contributed by atoms with van der Waals surface area (Å²) in [5.41, 5.74) is 9.45. The monoisotopic (exact) mass is 272 g/mol. The van der Waals surface area contributed by atoms with Gasteiger partial charge < -0.3 is 5.73 Å². The Hall–Kier alpha value is -1.78. The fraction of sp³-hybridized carbons (Fsp3) is 0.133. The van der Waals surface area contributed by atoms with Crippen LogP contribution in [0.15, 0.2) is 41.9 Å². The molecule has 2 aromatic heterocycles. The Labute approximate surface area is 114 Å². The number of pyridine rings is 1. The van der Waals surface area contributed by atoms with E-state index in [0.717, 1.165) is 21.3 Å². The zero-order valence-electron chi connectivity index (χ0n) is 10.4. The van der Waals surface area contributed by atoms with E-state index in [-0.39, 0.29) is 11.9 Å². The van der Waals surface area contributed by atoms with E-state index in [1.54, 1.807) is 30.5 Å². The quantitative estimate of drug-likeness (QED) is 0.770. The van der Waals surface area contributed by atoms with Crippen molar-refractivity contribution in [2.75, 3.05) is 0 Å². The second-order valence-electron chi connectivity index (χ2n) is 4.56. The predicted octanol–water partition coefficient (Wildman–Crippen LogP) is 3.79. The van der Waals surface area contributed by atoms with Crippen LogP contribution in [0.3, 0.4) is 0 Å². The molecule has 2 N–H and O–H groups in total. The topological polar surface area (TPSA) is 38.9 Å². The van der Waals surface area contributed by atoms with Crippen molar-refractivity contribution < 1.29 is 4.39 Å². The molecule has 0 aliphatic rings. The van der Waals surface area contributed by atoms with E-state index >= 15 is 0 Å². The highest BCUT2D eigenvalue weighted by molar-refractivity contribution is 7.17. The lowest BCUT2D eigenvalue weighted by Crippen LogP contribution is -2.12. The first-order valence-electron chi connectivity index (χ1n) is 6.00. The number of aryl methyl sites for hydroxylation is 1. The molecule has 0 radical (unpaired) electrons. The number of rotatable bonds is 2. The summed E-state index contributed by atoms with van der Waals surface area (Å²) in [6.45, 7) is 1.74. The number of fused-ring (bicyclic) bond motifs is 1. The van der Waals surface area contributed by atoms with Crippen molar-refractivity contribution in [3.05, 3.63) is 64.4 Å². The van der Waals surface area contributed by atoms with E-state index in [9.17, 15) is 4.39 Å². The zero-order valence-corrected chi connectivity index (χ0v) is 11.2. The minimum absolute atomic E-state index is 0.224. The molecule has 0 aliphatic heterocycles. The molecule has 2 nitrogen and oxygen atoms in total. The van der Waals surface area contributed by atoms with Crippen LogP contribution < -0.4 is 5.73 Å². The number of halogens is 1. The standard InChI is InChI=1S/C15H13FN2S/c1-9-2-3-10(6-12(9)16)15(17)11-7-14-13(18-8-11)4-5-19-14/h2-8,15H,17H2,1H3. The predicted molar refractivity (Wildman–Crippen MR) is 76.8 cm³/mol. The average Bonchev–Trinajstić information content (AvgIpc) is 2.88. The van der Waals surface area contributed by atoms with E-state index in [1.165, 1.54) is 6.07 Å². The van der Waals surface area contributed by atoms with E-state index in [4.69, 9.17) is 5.73 Å². The molecule has 1 unspecified atom stereocenters. The third kappa shape index (κ3) is 2.25. The Morgan fingerprint density at radius 3 is 2.84 bits per heavy atom. The first-order chi connectivity index (χ1) is 9.15. The molecule has 1 atom stereocenters. The van der Waals surface area contributed by atoms with Crippen molar-refractivity contribution in [1.82, 2.24) is 4.98 Å². The van der Waals surface area contributed by atoms with Gasteiger partial charge in [0.15, 0.2) is 0 Å². The van der Waals surface area contributed by atoms with Gasteiger partial charge in [0, 0.05) is 6.20 Å². The van der Waals surface area contributed by atoms with Crippen molar-refractivity contribution >= 4 is 21.6 Å². The molecule has 96 valence electrons. The maximum atomic E-state index is 13.6. The molecule has 3 rings (SSSR count). The summed E-state index contributed by atoms with van der Waals surface area (Å²) in [5.74, 6) is -0.224. The summed E-state index contributed by atoms with van der Waals surface area (Å²) in [7, 11) is 0. The second kappa shape index (κ2) is 4.72. The number of benzene rings is 1. The van der Waals surface area contributed by atoms with Crippen LogP contribution in [0.4, 0.5) is 4.39 Å². The molecule has 0 amide bonds. The summed E-state index contributed by atoms with van der Waals surface area (Å²) in [5, 5.41) is 2.00. The largest absolute Gasteiger partial charge is 0.320 e. The lowest BCUT2D eigenvalue weighted by Gasteiger charge is -2.13. The Morgan fingerprint density at radius 1 is 1.21 bits per heavy atom. The van der Waals surface area contributed by atoms with Crippen LogP contribution in [0.5, 0.6) is 0 Å². The van der Waals surface area contributed by atoms with Crippen LogP contribution >= 0.6 is 11.3 Å².